The molecule has 3 atom stereocenters. The summed E-state index contributed by atoms with van der Waals surface area (Å²) in [5.41, 5.74) is 5.56. The molecule has 0 spiro atoms. The van der Waals surface area contributed by atoms with Gasteiger partial charge in [-0.25, -0.2) is 8.78 Å². The van der Waals surface area contributed by atoms with Crippen LogP contribution in [0.25, 0.3) is 0 Å². The molecule has 1 unspecified atom stereocenters. The fourth-order valence-electron chi connectivity index (χ4n) is 2.98. The zero-order chi connectivity index (χ0) is 14.7. The average Bonchev–Trinajstić information content (AvgIpc) is 2.86. The molecule has 0 aliphatic heterocycles. The van der Waals surface area contributed by atoms with E-state index in [1.807, 2.05) is 0 Å². The first-order chi connectivity index (χ1) is 9.54. The number of hydrogen-bond acceptors (Lipinski definition) is 2. The SMILES string of the molecule is CC(NC(=O)[C@@H]1CCC[C@@H]1CN)c1c(F)cccc1F. The van der Waals surface area contributed by atoms with Crippen molar-refractivity contribution in [3.8, 4) is 0 Å². The Kier molecular flexibility index (Phi) is 4.70. The van der Waals surface area contributed by atoms with Crippen LogP contribution in [0.15, 0.2) is 18.2 Å². The summed E-state index contributed by atoms with van der Waals surface area (Å²) in [4.78, 5) is 12.2. The third-order valence-electron chi connectivity index (χ3n) is 4.09. The molecule has 1 aromatic rings. The normalized spacial score (nSPS) is 23.6. The number of nitrogens with one attached hydrogen (secondary N) is 1. The van der Waals surface area contributed by atoms with Gasteiger partial charge in [-0.15, -0.1) is 0 Å². The highest BCUT2D eigenvalue weighted by molar-refractivity contribution is 5.79. The van der Waals surface area contributed by atoms with Crippen LogP contribution in [0, 0.1) is 23.5 Å². The van der Waals surface area contributed by atoms with Crippen LogP contribution in [0.2, 0.25) is 0 Å². The lowest BCUT2D eigenvalue weighted by Crippen LogP contribution is -2.37. The summed E-state index contributed by atoms with van der Waals surface area (Å²) < 4.78 is 27.3. The monoisotopic (exact) mass is 282 g/mol. The van der Waals surface area contributed by atoms with Crippen LogP contribution in [0.5, 0.6) is 0 Å². The summed E-state index contributed by atoms with van der Waals surface area (Å²) in [6.45, 7) is 2.06. The Labute approximate surface area is 117 Å². The molecular weight excluding hydrogens is 262 g/mol. The highest BCUT2D eigenvalue weighted by Crippen LogP contribution is 2.32. The molecule has 1 aromatic carbocycles. The van der Waals surface area contributed by atoms with Gasteiger partial charge in [-0.3, -0.25) is 4.79 Å². The quantitative estimate of drug-likeness (QED) is 0.891. The van der Waals surface area contributed by atoms with E-state index in [1.54, 1.807) is 6.92 Å². The minimum Gasteiger partial charge on any atom is -0.349 e. The van der Waals surface area contributed by atoms with Gasteiger partial charge in [0, 0.05) is 11.5 Å². The Hall–Kier alpha value is -1.49. The zero-order valence-corrected chi connectivity index (χ0v) is 11.5. The minimum absolute atomic E-state index is 0.0943. The molecule has 1 aliphatic carbocycles. The van der Waals surface area contributed by atoms with Gasteiger partial charge in [0.05, 0.1) is 6.04 Å². The molecule has 3 nitrogen and oxygen atoms in total. The summed E-state index contributed by atoms with van der Waals surface area (Å²) >= 11 is 0. The van der Waals surface area contributed by atoms with E-state index in [4.69, 9.17) is 5.73 Å². The van der Waals surface area contributed by atoms with Gasteiger partial charge in [-0.1, -0.05) is 12.5 Å². The van der Waals surface area contributed by atoms with E-state index >= 15 is 0 Å². The molecule has 110 valence electrons. The second-order valence-corrected chi connectivity index (χ2v) is 5.40. The van der Waals surface area contributed by atoms with Crippen LogP contribution in [-0.2, 0) is 4.79 Å². The molecule has 0 heterocycles. The Morgan fingerprint density at radius 2 is 2.05 bits per heavy atom. The molecule has 5 heteroatoms. The van der Waals surface area contributed by atoms with Crippen molar-refractivity contribution in [1.82, 2.24) is 5.32 Å². The highest BCUT2D eigenvalue weighted by Gasteiger charge is 2.33. The first-order valence-corrected chi connectivity index (χ1v) is 6.99. The van der Waals surface area contributed by atoms with Gasteiger partial charge in [0.25, 0.3) is 0 Å². The molecule has 1 amide bonds. The number of nitrogens with two attached hydrogens (primary N) is 1. The molecule has 0 saturated heterocycles. The van der Waals surface area contributed by atoms with Gasteiger partial charge in [-0.05, 0) is 44.4 Å². The van der Waals surface area contributed by atoms with E-state index in [9.17, 15) is 13.6 Å². The van der Waals surface area contributed by atoms with E-state index in [0.29, 0.717) is 6.54 Å². The van der Waals surface area contributed by atoms with Crippen molar-refractivity contribution >= 4 is 5.91 Å². The molecule has 3 N–H and O–H groups in total. The largest absolute Gasteiger partial charge is 0.349 e. The maximum absolute atomic E-state index is 13.7. The van der Waals surface area contributed by atoms with Gasteiger partial charge in [0.15, 0.2) is 0 Å². The van der Waals surface area contributed by atoms with Crippen LogP contribution in [0.4, 0.5) is 8.78 Å². The van der Waals surface area contributed by atoms with Gasteiger partial charge < -0.3 is 11.1 Å². The lowest BCUT2D eigenvalue weighted by molar-refractivity contribution is -0.126. The van der Waals surface area contributed by atoms with Gasteiger partial charge in [0.2, 0.25) is 5.91 Å². The van der Waals surface area contributed by atoms with Crippen molar-refractivity contribution < 1.29 is 13.6 Å². The molecule has 0 bridgehead atoms. The van der Waals surface area contributed by atoms with Crippen molar-refractivity contribution in [3.63, 3.8) is 0 Å². The van der Waals surface area contributed by atoms with Crippen LogP contribution in [-0.4, -0.2) is 12.5 Å². The van der Waals surface area contributed by atoms with Crippen molar-refractivity contribution in [2.45, 2.75) is 32.2 Å². The number of hydrogen-bond donors (Lipinski definition) is 2. The first-order valence-electron chi connectivity index (χ1n) is 6.99. The van der Waals surface area contributed by atoms with E-state index < -0.39 is 17.7 Å². The summed E-state index contributed by atoms with van der Waals surface area (Å²) in [7, 11) is 0. The summed E-state index contributed by atoms with van der Waals surface area (Å²) in [6.07, 6.45) is 2.71. The van der Waals surface area contributed by atoms with E-state index in [0.717, 1.165) is 19.3 Å². The second kappa shape index (κ2) is 6.31. The Balaban J connectivity index is 2.08. The number of rotatable bonds is 4. The van der Waals surface area contributed by atoms with Gasteiger partial charge in [-0.2, -0.15) is 0 Å². The third kappa shape index (κ3) is 2.98. The lowest BCUT2D eigenvalue weighted by Gasteiger charge is -2.21. The van der Waals surface area contributed by atoms with Crippen molar-refractivity contribution in [3.05, 3.63) is 35.4 Å². The van der Waals surface area contributed by atoms with Crippen LogP contribution in [0.1, 0.15) is 37.8 Å². The molecule has 0 aromatic heterocycles. The Morgan fingerprint density at radius 3 is 2.65 bits per heavy atom. The van der Waals surface area contributed by atoms with Gasteiger partial charge >= 0.3 is 0 Å². The molecule has 1 aliphatic rings. The van der Waals surface area contributed by atoms with Crippen molar-refractivity contribution in [2.75, 3.05) is 6.54 Å². The number of carbonyl (C=O) groups excluding carboxylic acids is 1. The molecule has 1 fully saturated rings. The predicted octanol–water partition coefficient (Wildman–Crippen LogP) is 2.52. The maximum atomic E-state index is 13.7. The summed E-state index contributed by atoms with van der Waals surface area (Å²) in [6, 6.07) is 3.01. The predicted molar refractivity (Wildman–Crippen MR) is 72.8 cm³/mol. The fraction of sp³-hybridized carbons (Fsp3) is 0.533. The molecular formula is C15H20F2N2O. The summed E-state index contributed by atoms with van der Waals surface area (Å²) in [5, 5.41) is 2.71. The fourth-order valence-corrected chi connectivity index (χ4v) is 2.98. The third-order valence-corrected chi connectivity index (χ3v) is 4.09. The van der Waals surface area contributed by atoms with Crippen LogP contribution >= 0.6 is 0 Å². The lowest BCUT2D eigenvalue weighted by atomic mass is 9.94. The minimum atomic E-state index is -0.692. The van der Waals surface area contributed by atoms with E-state index in [-0.39, 0.29) is 23.3 Å². The highest BCUT2D eigenvalue weighted by atomic mass is 19.1. The Bertz CT molecular complexity index is 473. The maximum Gasteiger partial charge on any atom is 0.223 e. The summed E-state index contributed by atoms with van der Waals surface area (Å²) in [5.74, 6) is -1.41. The molecule has 20 heavy (non-hydrogen) atoms. The smallest absolute Gasteiger partial charge is 0.223 e. The Morgan fingerprint density at radius 1 is 1.40 bits per heavy atom. The molecule has 0 radical (unpaired) electrons. The second-order valence-electron chi connectivity index (χ2n) is 5.40. The van der Waals surface area contributed by atoms with E-state index in [1.165, 1.54) is 18.2 Å². The van der Waals surface area contributed by atoms with E-state index in [2.05, 4.69) is 5.32 Å². The van der Waals surface area contributed by atoms with Gasteiger partial charge in [0.1, 0.15) is 11.6 Å². The number of benzene rings is 1. The zero-order valence-electron chi connectivity index (χ0n) is 11.5. The van der Waals surface area contributed by atoms with Crippen molar-refractivity contribution in [1.29, 1.82) is 0 Å². The van der Waals surface area contributed by atoms with Crippen LogP contribution < -0.4 is 11.1 Å². The molecule has 2 rings (SSSR count). The average molecular weight is 282 g/mol. The number of halogens is 2. The topological polar surface area (TPSA) is 55.1 Å². The standard InChI is InChI=1S/C15H20F2N2O/c1-9(14-12(16)6-3-7-13(14)17)19-15(20)11-5-2-4-10(11)8-18/h3,6-7,9-11H,2,4-5,8,18H2,1H3,(H,19,20)/t9?,10-,11-/m1/s1. The number of amides is 1. The number of carbonyl (C=O) groups is 1. The van der Waals surface area contributed by atoms with Crippen LogP contribution in [0.3, 0.4) is 0 Å². The first kappa shape index (κ1) is 14.9. The van der Waals surface area contributed by atoms with Crippen molar-refractivity contribution in [2.24, 2.45) is 17.6 Å². The molecule has 1 saturated carbocycles.